The predicted octanol–water partition coefficient (Wildman–Crippen LogP) is 1.57. The quantitative estimate of drug-likeness (QED) is 0.634. The summed E-state index contributed by atoms with van der Waals surface area (Å²) in [7, 11) is 0. The van der Waals surface area contributed by atoms with E-state index in [2.05, 4.69) is 9.97 Å². The fourth-order valence-electron chi connectivity index (χ4n) is 0.762. The van der Waals surface area contributed by atoms with Gasteiger partial charge >= 0.3 is 0 Å². The van der Waals surface area contributed by atoms with Crippen LogP contribution in [0.3, 0.4) is 0 Å². The van der Waals surface area contributed by atoms with Gasteiger partial charge in [0.15, 0.2) is 0 Å². The second kappa shape index (κ2) is 4.16. The van der Waals surface area contributed by atoms with Gasteiger partial charge in [-0.15, -0.1) is 24.8 Å². The van der Waals surface area contributed by atoms with Crippen LogP contribution >= 0.6 is 24.8 Å². The predicted molar refractivity (Wildman–Crippen MR) is 47.5 cm³/mol. The largest absolute Gasteiger partial charge is 0.291 e. The van der Waals surface area contributed by atoms with Crippen molar-refractivity contribution in [3.63, 3.8) is 0 Å². The number of hydrogen-bond acceptors (Lipinski definition) is 2. The zero-order valence-corrected chi connectivity index (χ0v) is 7.18. The van der Waals surface area contributed by atoms with Gasteiger partial charge < -0.3 is 0 Å². The average molecular weight is 192 g/mol. The van der Waals surface area contributed by atoms with Crippen LogP contribution in [0.1, 0.15) is 0 Å². The van der Waals surface area contributed by atoms with Crippen molar-refractivity contribution in [2.75, 3.05) is 0 Å². The molecule has 0 saturated heterocycles. The maximum Gasteiger partial charge on any atom is 0.233 e. The van der Waals surface area contributed by atoms with E-state index in [1.165, 1.54) is 0 Å². The van der Waals surface area contributed by atoms with Crippen LogP contribution in [0.15, 0.2) is 30.9 Å². The van der Waals surface area contributed by atoms with Gasteiger partial charge in [-0.05, 0) is 6.07 Å². The molecule has 0 aliphatic rings. The van der Waals surface area contributed by atoms with Crippen molar-refractivity contribution < 1.29 is 0 Å². The SMILES string of the molecule is Cl.Cl.c1cnc2nccn2c1. The molecule has 0 radical (unpaired) electrons. The molecule has 11 heavy (non-hydrogen) atoms. The third kappa shape index (κ3) is 1.82. The van der Waals surface area contributed by atoms with Crippen molar-refractivity contribution >= 4 is 30.6 Å². The molecule has 0 aliphatic heterocycles. The van der Waals surface area contributed by atoms with E-state index < -0.39 is 0 Å². The molecule has 0 N–H and O–H groups in total. The molecule has 0 unspecified atom stereocenters. The van der Waals surface area contributed by atoms with Gasteiger partial charge in [0.2, 0.25) is 5.78 Å². The number of hydrogen-bond donors (Lipinski definition) is 0. The molecule has 0 aromatic carbocycles. The Morgan fingerprint density at radius 1 is 1.00 bits per heavy atom. The molecule has 5 heteroatoms. The third-order valence-corrected chi connectivity index (χ3v) is 1.17. The minimum absolute atomic E-state index is 0. The lowest BCUT2D eigenvalue weighted by Crippen LogP contribution is -1.82. The topological polar surface area (TPSA) is 30.2 Å². The van der Waals surface area contributed by atoms with Gasteiger partial charge in [-0.3, -0.25) is 4.40 Å². The zero-order valence-electron chi connectivity index (χ0n) is 5.54. The highest BCUT2D eigenvalue weighted by Crippen LogP contribution is 1.91. The molecule has 3 nitrogen and oxygen atoms in total. The molecular formula is C6H7Cl2N3. The Morgan fingerprint density at radius 3 is 2.45 bits per heavy atom. The van der Waals surface area contributed by atoms with Crippen LogP contribution in [-0.2, 0) is 0 Å². The first-order valence-electron chi connectivity index (χ1n) is 2.70. The van der Waals surface area contributed by atoms with Crippen LogP contribution in [-0.4, -0.2) is 14.4 Å². The van der Waals surface area contributed by atoms with Crippen molar-refractivity contribution in [2.45, 2.75) is 0 Å². The lowest BCUT2D eigenvalue weighted by atomic mass is 10.7. The van der Waals surface area contributed by atoms with Crippen LogP contribution < -0.4 is 0 Å². The summed E-state index contributed by atoms with van der Waals surface area (Å²) in [6.07, 6.45) is 7.22. The maximum absolute atomic E-state index is 3.99. The van der Waals surface area contributed by atoms with Crippen LogP contribution in [0.2, 0.25) is 0 Å². The summed E-state index contributed by atoms with van der Waals surface area (Å²) in [6.45, 7) is 0. The molecular weight excluding hydrogens is 185 g/mol. The number of nitrogens with zero attached hydrogens (tertiary/aromatic N) is 3. The van der Waals surface area contributed by atoms with Gasteiger partial charge in [0.25, 0.3) is 0 Å². The molecule has 0 aliphatic carbocycles. The Hall–Kier alpha value is -0.800. The normalized spacial score (nSPS) is 8.36. The zero-order chi connectivity index (χ0) is 6.10. The first-order valence-corrected chi connectivity index (χ1v) is 2.70. The van der Waals surface area contributed by atoms with Crippen molar-refractivity contribution in [3.8, 4) is 0 Å². The standard InChI is InChI=1S/C6H5N3.2ClH/c1-2-7-6-8-3-5-9(6)4-1;;/h1-5H;2*1H. The van der Waals surface area contributed by atoms with Crippen molar-refractivity contribution in [1.82, 2.24) is 14.4 Å². The van der Waals surface area contributed by atoms with Gasteiger partial charge in [-0.1, -0.05) is 0 Å². The molecule has 0 saturated carbocycles. The van der Waals surface area contributed by atoms with Crippen LogP contribution in [0.25, 0.3) is 5.78 Å². The Balaban J connectivity index is 0.000000500. The van der Waals surface area contributed by atoms with Crippen molar-refractivity contribution in [3.05, 3.63) is 30.9 Å². The number of fused-ring (bicyclic) bond motifs is 1. The second-order valence-corrected chi connectivity index (χ2v) is 1.75. The van der Waals surface area contributed by atoms with Crippen LogP contribution in [0.4, 0.5) is 0 Å². The number of aromatic nitrogens is 3. The highest BCUT2D eigenvalue weighted by Gasteiger charge is 1.87. The van der Waals surface area contributed by atoms with E-state index in [-0.39, 0.29) is 24.8 Å². The second-order valence-electron chi connectivity index (χ2n) is 1.75. The summed E-state index contributed by atoms with van der Waals surface area (Å²) in [5.74, 6) is 0.748. The third-order valence-electron chi connectivity index (χ3n) is 1.17. The summed E-state index contributed by atoms with van der Waals surface area (Å²) < 4.78 is 1.86. The first kappa shape index (κ1) is 10.2. The van der Waals surface area contributed by atoms with E-state index in [0.717, 1.165) is 5.78 Å². The number of imidazole rings is 1. The molecule has 2 aromatic rings. The molecule has 60 valence electrons. The van der Waals surface area contributed by atoms with Crippen LogP contribution in [0.5, 0.6) is 0 Å². The fraction of sp³-hybridized carbons (Fsp3) is 0. The summed E-state index contributed by atoms with van der Waals surface area (Å²) in [5, 5.41) is 0. The number of halogens is 2. The maximum atomic E-state index is 3.99. The summed E-state index contributed by atoms with van der Waals surface area (Å²) in [4.78, 5) is 7.96. The van der Waals surface area contributed by atoms with E-state index in [1.54, 1.807) is 12.4 Å². The van der Waals surface area contributed by atoms with Gasteiger partial charge in [-0.2, -0.15) is 0 Å². The molecule has 2 aromatic heterocycles. The lowest BCUT2D eigenvalue weighted by Gasteiger charge is -1.85. The molecule has 2 heterocycles. The highest BCUT2D eigenvalue weighted by molar-refractivity contribution is 5.85. The average Bonchev–Trinajstić information content (AvgIpc) is 2.33. The monoisotopic (exact) mass is 191 g/mol. The Labute approximate surface area is 76.3 Å². The number of rotatable bonds is 0. The van der Waals surface area contributed by atoms with Gasteiger partial charge in [0.05, 0.1) is 0 Å². The Morgan fingerprint density at radius 2 is 1.73 bits per heavy atom. The van der Waals surface area contributed by atoms with Gasteiger partial charge in [0, 0.05) is 24.8 Å². The van der Waals surface area contributed by atoms with Gasteiger partial charge in [-0.25, -0.2) is 9.97 Å². The molecule has 0 atom stereocenters. The van der Waals surface area contributed by atoms with Crippen LogP contribution in [0, 0.1) is 0 Å². The summed E-state index contributed by atoms with van der Waals surface area (Å²) in [5.41, 5.74) is 0. The van der Waals surface area contributed by atoms with E-state index in [1.807, 2.05) is 22.9 Å². The first-order chi connectivity index (χ1) is 4.47. The molecule has 0 bridgehead atoms. The van der Waals surface area contributed by atoms with E-state index in [4.69, 9.17) is 0 Å². The van der Waals surface area contributed by atoms with Crippen molar-refractivity contribution in [1.29, 1.82) is 0 Å². The minimum Gasteiger partial charge on any atom is -0.291 e. The lowest BCUT2D eigenvalue weighted by molar-refractivity contribution is 1.11. The van der Waals surface area contributed by atoms with Crippen molar-refractivity contribution in [2.24, 2.45) is 0 Å². The summed E-state index contributed by atoms with van der Waals surface area (Å²) in [6, 6.07) is 1.87. The Kier molecular flexibility index (Phi) is 3.85. The van der Waals surface area contributed by atoms with E-state index in [9.17, 15) is 0 Å². The summed E-state index contributed by atoms with van der Waals surface area (Å²) >= 11 is 0. The van der Waals surface area contributed by atoms with E-state index >= 15 is 0 Å². The minimum atomic E-state index is 0. The fourth-order valence-corrected chi connectivity index (χ4v) is 0.762. The van der Waals surface area contributed by atoms with E-state index in [0.29, 0.717) is 0 Å². The van der Waals surface area contributed by atoms with Gasteiger partial charge in [0.1, 0.15) is 0 Å². The Bertz CT molecular complexity index is 290. The highest BCUT2D eigenvalue weighted by atomic mass is 35.5. The molecule has 0 spiro atoms. The molecule has 2 rings (SSSR count). The smallest absolute Gasteiger partial charge is 0.233 e. The molecule has 0 fully saturated rings. The molecule has 0 amide bonds.